The van der Waals surface area contributed by atoms with E-state index in [9.17, 15) is 4.39 Å². The number of rotatable bonds is 4. The number of nitrogens with two attached hydrogens (primary N) is 1. The monoisotopic (exact) mass is 278 g/mol. The van der Waals surface area contributed by atoms with Gasteiger partial charge in [0.25, 0.3) is 0 Å². The van der Waals surface area contributed by atoms with Gasteiger partial charge in [0.2, 0.25) is 0 Å². The van der Waals surface area contributed by atoms with Crippen LogP contribution in [0.15, 0.2) is 24.3 Å². The molecule has 20 heavy (non-hydrogen) atoms. The molecule has 3 heteroatoms. The van der Waals surface area contributed by atoms with Crippen molar-refractivity contribution in [3.63, 3.8) is 0 Å². The minimum atomic E-state index is -0.114. The molecule has 0 amide bonds. The van der Waals surface area contributed by atoms with Gasteiger partial charge in [-0.15, -0.1) is 0 Å². The van der Waals surface area contributed by atoms with Crippen LogP contribution in [-0.2, 0) is 0 Å². The molecule has 0 radical (unpaired) electrons. The summed E-state index contributed by atoms with van der Waals surface area (Å²) in [5, 5.41) is 0. The van der Waals surface area contributed by atoms with E-state index in [0.29, 0.717) is 12.0 Å². The number of hydrogen-bond donors (Lipinski definition) is 1. The Morgan fingerprint density at radius 1 is 1.25 bits per heavy atom. The lowest BCUT2D eigenvalue weighted by molar-refractivity contribution is 0.195. The Labute approximate surface area is 122 Å². The first kappa shape index (κ1) is 15.5. The van der Waals surface area contributed by atoms with Crippen molar-refractivity contribution >= 4 is 0 Å². The zero-order chi connectivity index (χ0) is 14.5. The maximum absolute atomic E-state index is 13.9. The zero-order valence-electron chi connectivity index (χ0n) is 12.7. The normalized spacial score (nSPS) is 25.4. The highest BCUT2D eigenvalue weighted by molar-refractivity contribution is 5.20. The second kappa shape index (κ2) is 7.19. The van der Waals surface area contributed by atoms with E-state index in [1.54, 1.807) is 6.07 Å². The van der Waals surface area contributed by atoms with E-state index in [4.69, 9.17) is 5.73 Å². The molecule has 2 N–H and O–H groups in total. The molecule has 0 aromatic heterocycles. The fourth-order valence-electron chi connectivity index (χ4n) is 3.22. The van der Waals surface area contributed by atoms with Gasteiger partial charge in [0.15, 0.2) is 0 Å². The molecule has 0 bridgehead atoms. The molecule has 1 aliphatic rings. The summed E-state index contributed by atoms with van der Waals surface area (Å²) in [5.74, 6) is 0.425. The van der Waals surface area contributed by atoms with Crippen LogP contribution in [0.4, 0.5) is 4.39 Å². The standard InChI is InChI=1S/C17H27FN2/c1-13(15-9-6-7-10-16(15)18)20(2)12-14-8-4-3-5-11-17(14)19/h6-7,9-10,13-14,17H,3-5,8,11-12,19H2,1-2H3. The fraction of sp³-hybridized carbons (Fsp3) is 0.647. The van der Waals surface area contributed by atoms with Crippen molar-refractivity contribution in [2.75, 3.05) is 13.6 Å². The van der Waals surface area contributed by atoms with Gasteiger partial charge in [0, 0.05) is 24.2 Å². The van der Waals surface area contributed by atoms with Gasteiger partial charge < -0.3 is 5.73 Å². The van der Waals surface area contributed by atoms with Crippen molar-refractivity contribution in [2.45, 2.75) is 51.1 Å². The molecular formula is C17H27FN2. The van der Waals surface area contributed by atoms with Crippen LogP contribution in [0.3, 0.4) is 0 Å². The molecule has 3 atom stereocenters. The molecule has 1 saturated carbocycles. The Bertz CT molecular complexity index is 421. The van der Waals surface area contributed by atoms with Gasteiger partial charge in [0.1, 0.15) is 5.82 Å². The summed E-state index contributed by atoms with van der Waals surface area (Å²) in [7, 11) is 2.08. The highest BCUT2D eigenvalue weighted by atomic mass is 19.1. The molecule has 3 unspecified atom stereocenters. The van der Waals surface area contributed by atoms with Gasteiger partial charge in [-0.2, -0.15) is 0 Å². The van der Waals surface area contributed by atoms with Gasteiger partial charge in [-0.3, -0.25) is 4.90 Å². The SMILES string of the molecule is CC(c1ccccc1F)N(C)CC1CCCCCC1N. The molecule has 0 heterocycles. The first-order chi connectivity index (χ1) is 9.59. The van der Waals surface area contributed by atoms with Gasteiger partial charge in [-0.25, -0.2) is 4.39 Å². The van der Waals surface area contributed by atoms with Crippen LogP contribution in [0.5, 0.6) is 0 Å². The molecule has 1 aliphatic carbocycles. The van der Waals surface area contributed by atoms with Gasteiger partial charge in [0.05, 0.1) is 0 Å². The van der Waals surface area contributed by atoms with E-state index in [1.165, 1.54) is 31.7 Å². The summed E-state index contributed by atoms with van der Waals surface area (Å²) in [4.78, 5) is 2.24. The third-order valence-electron chi connectivity index (χ3n) is 4.76. The zero-order valence-corrected chi connectivity index (χ0v) is 12.7. The van der Waals surface area contributed by atoms with Crippen molar-refractivity contribution in [3.8, 4) is 0 Å². The molecule has 1 aromatic rings. The summed E-state index contributed by atoms with van der Waals surface area (Å²) in [6.45, 7) is 3.03. The van der Waals surface area contributed by atoms with E-state index in [-0.39, 0.29) is 11.9 Å². The maximum Gasteiger partial charge on any atom is 0.127 e. The summed E-state index contributed by atoms with van der Waals surface area (Å²) in [6, 6.07) is 7.45. The topological polar surface area (TPSA) is 29.3 Å². The Kier molecular flexibility index (Phi) is 5.55. The summed E-state index contributed by atoms with van der Waals surface area (Å²) < 4.78 is 13.9. The van der Waals surface area contributed by atoms with E-state index < -0.39 is 0 Å². The average molecular weight is 278 g/mol. The predicted octanol–water partition coefficient (Wildman–Crippen LogP) is 3.73. The van der Waals surface area contributed by atoms with Crippen LogP contribution >= 0.6 is 0 Å². The molecule has 0 spiro atoms. The molecule has 1 fully saturated rings. The van der Waals surface area contributed by atoms with Crippen molar-refractivity contribution in [2.24, 2.45) is 11.7 Å². The van der Waals surface area contributed by atoms with E-state index >= 15 is 0 Å². The lowest BCUT2D eigenvalue weighted by Gasteiger charge is -2.31. The summed E-state index contributed by atoms with van der Waals surface area (Å²) in [5.41, 5.74) is 7.07. The van der Waals surface area contributed by atoms with Crippen LogP contribution in [-0.4, -0.2) is 24.5 Å². The average Bonchev–Trinajstić information content (AvgIpc) is 2.64. The van der Waals surface area contributed by atoms with Crippen molar-refractivity contribution in [1.29, 1.82) is 0 Å². The fourth-order valence-corrected chi connectivity index (χ4v) is 3.22. The summed E-state index contributed by atoms with van der Waals surface area (Å²) in [6.07, 6.45) is 6.17. The molecule has 2 rings (SSSR count). The number of nitrogens with zero attached hydrogens (tertiary/aromatic N) is 1. The van der Waals surface area contributed by atoms with Gasteiger partial charge >= 0.3 is 0 Å². The lowest BCUT2D eigenvalue weighted by atomic mass is 9.94. The van der Waals surface area contributed by atoms with Crippen molar-refractivity contribution in [1.82, 2.24) is 4.90 Å². The molecular weight excluding hydrogens is 251 g/mol. The first-order valence-electron chi connectivity index (χ1n) is 7.80. The third kappa shape index (κ3) is 3.80. The van der Waals surface area contributed by atoms with Crippen LogP contribution in [0.1, 0.15) is 50.6 Å². The second-order valence-corrected chi connectivity index (χ2v) is 6.20. The Morgan fingerprint density at radius 3 is 2.70 bits per heavy atom. The van der Waals surface area contributed by atoms with E-state index in [1.807, 2.05) is 12.1 Å². The maximum atomic E-state index is 13.9. The van der Waals surface area contributed by atoms with Crippen LogP contribution in [0.25, 0.3) is 0 Å². The Morgan fingerprint density at radius 2 is 1.95 bits per heavy atom. The molecule has 0 saturated heterocycles. The highest BCUT2D eigenvalue weighted by Gasteiger charge is 2.24. The molecule has 112 valence electrons. The third-order valence-corrected chi connectivity index (χ3v) is 4.76. The smallest absolute Gasteiger partial charge is 0.127 e. The lowest BCUT2D eigenvalue weighted by Crippen LogP contribution is -2.38. The van der Waals surface area contributed by atoms with Crippen LogP contribution in [0, 0.1) is 11.7 Å². The largest absolute Gasteiger partial charge is 0.327 e. The van der Waals surface area contributed by atoms with E-state index in [0.717, 1.165) is 18.5 Å². The Balaban J connectivity index is 2.00. The minimum absolute atomic E-state index is 0.0895. The quantitative estimate of drug-likeness (QED) is 0.850. The minimum Gasteiger partial charge on any atom is -0.327 e. The van der Waals surface area contributed by atoms with Crippen LogP contribution in [0.2, 0.25) is 0 Å². The Hall–Kier alpha value is -0.930. The molecule has 0 aliphatic heterocycles. The highest BCUT2D eigenvalue weighted by Crippen LogP contribution is 2.27. The van der Waals surface area contributed by atoms with Gasteiger partial charge in [-0.1, -0.05) is 37.5 Å². The van der Waals surface area contributed by atoms with E-state index in [2.05, 4.69) is 18.9 Å². The predicted molar refractivity (Wildman–Crippen MR) is 82.0 cm³/mol. The molecule has 2 nitrogen and oxygen atoms in total. The van der Waals surface area contributed by atoms with Crippen molar-refractivity contribution in [3.05, 3.63) is 35.6 Å². The number of hydrogen-bond acceptors (Lipinski definition) is 2. The van der Waals surface area contributed by atoms with Crippen molar-refractivity contribution < 1.29 is 4.39 Å². The van der Waals surface area contributed by atoms with Gasteiger partial charge in [-0.05, 0) is 38.8 Å². The van der Waals surface area contributed by atoms with Crippen LogP contribution < -0.4 is 5.73 Å². The first-order valence-corrected chi connectivity index (χ1v) is 7.80. The number of benzene rings is 1. The summed E-state index contributed by atoms with van der Waals surface area (Å²) >= 11 is 0. The molecule has 1 aromatic carbocycles. The second-order valence-electron chi connectivity index (χ2n) is 6.20. The number of halogens is 1.